The zero-order valence-electron chi connectivity index (χ0n) is 7.64. The summed E-state index contributed by atoms with van der Waals surface area (Å²) in [6.45, 7) is 4.14. The minimum atomic E-state index is 0.215. The van der Waals surface area contributed by atoms with Gasteiger partial charge >= 0.3 is 0 Å². The highest BCUT2D eigenvalue weighted by molar-refractivity contribution is 5.78. The van der Waals surface area contributed by atoms with Crippen LogP contribution in [0, 0.1) is 12.8 Å². The van der Waals surface area contributed by atoms with Crippen molar-refractivity contribution in [2.24, 2.45) is 5.92 Å². The summed E-state index contributed by atoms with van der Waals surface area (Å²) < 4.78 is 0. The minimum absolute atomic E-state index is 0.215. The fraction of sp³-hybridized carbons (Fsp3) is 0.800. The second-order valence-electron chi connectivity index (χ2n) is 3.48. The van der Waals surface area contributed by atoms with Crippen molar-refractivity contribution in [3.05, 3.63) is 6.92 Å². The Balaban J connectivity index is 2.32. The van der Waals surface area contributed by atoms with Gasteiger partial charge in [-0.15, -0.1) is 0 Å². The molecular weight excluding hydrogens is 150 g/mol. The Kier molecular flexibility index (Phi) is 4.12. The van der Waals surface area contributed by atoms with Crippen molar-refractivity contribution in [3.8, 4) is 0 Å². The molecule has 0 atom stereocenters. The van der Waals surface area contributed by atoms with E-state index < -0.39 is 0 Å². The van der Waals surface area contributed by atoms with Crippen LogP contribution in [0.1, 0.15) is 38.5 Å². The Labute approximate surface area is 74.7 Å². The molecule has 0 heterocycles. The molecule has 1 saturated carbocycles. The molecule has 1 aliphatic carbocycles. The van der Waals surface area contributed by atoms with E-state index in [-0.39, 0.29) is 11.8 Å². The van der Waals surface area contributed by atoms with Crippen molar-refractivity contribution in [2.75, 3.05) is 6.54 Å². The lowest BCUT2D eigenvalue weighted by Gasteiger charge is -2.12. The summed E-state index contributed by atoms with van der Waals surface area (Å²) in [5.41, 5.74) is 0. The second-order valence-corrected chi connectivity index (χ2v) is 3.48. The Morgan fingerprint density at radius 3 is 2.33 bits per heavy atom. The highest BCUT2D eigenvalue weighted by Gasteiger charge is 2.18. The van der Waals surface area contributed by atoms with Crippen LogP contribution < -0.4 is 5.32 Å². The van der Waals surface area contributed by atoms with Crippen molar-refractivity contribution in [3.63, 3.8) is 0 Å². The third kappa shape index (κ3) is 2.84. The van der Waals surface area contributed by atoms with Crippen LogP contribution in [0.2, 0.25) is 0 Å². The summed E-state index contributed by atoms with van der Waals surface area (Å²) in [6.07, 6.45) is 7.18. The van der Waals surface area contributed by atoms with Gasteiger partial charge in [0.2, 0.25) is 5.91 Å². The lowest BCUT2D eigenvalue weighted by atomic mass is 10.00. The third-order valence-corrected chi connectivity index (χ3v) is 2.53. The molecule has 1 fully saturated rings. The average molecular weight is 168 g/mol. The summed E-state index contributed by atoms with van der Waals surface area (Å²) in [7, 11) is 0. The number of hydrogen-bond donors (Lipinski definition) is 1. The molecule has 1 aliphatic rings. The van der Waals surface area contributed by atoms with Gasteiger partial charge < -0.3 is 5.32 Å². The molecule has 1 amide bonds. The maximum Gasteiger partial charge on any atom is 0.223 e. The van der Waals surface area contributed by atoms with E-state index in [9.17, 15) is 4.79 Å². The van der Waals surface area contributed by atoms with Gasteiger partial charge in [0.05, 0.1) is 0 Å². The quantitative estimate of drug-likeness (QED) is 0.627. The van der Waals surface area contributed by atoms with E-state index in [1.165, 1.54) is 25.7 Å². The highest BCUT2D eigenvalue weighted by Crippen LogP contribution is 2.22. The molecule has 0 saturated heterocycles. The van der Waals surface area contributed by atoms with Crippen LogP contribution in [-0.2, 0) is 4.79 Å². The van der Waals surface area contributed by atoms with Crippen LogP contribution >= 0.6 is 0 Å². The Morgan fingerprint density at radius 2 is 1.83 bits per heavy atom. The van der Waals surface area contributed by atoms with Crippen molar-refractivity contribution in [2.45, 2.75) is 38.5 Å². The fourth-order valence-corrected chi connectivity index (χ4v) is 1.81. The number of carbonyl (C=O) groups excluding carboxylic acids is 1. The van der Waals surface area contributed by atoms with Gasteiger partial charge in [-0.3, -0.25) is 4.79 Å². The van der Waals surface area contributed by atoms with Crippen LogP contribution in [0.4, 0.5) is 0 Å². The van der Waals surface area contributed by atoms with Gasteiger partial charge in [-0.05, 0) is 19.8 Å². The molecule has 1 N–H and O–H groups in total. The summed E-state index contributed by atoms with van der Waals surface area (Å²) in [4.78, 5) is 11.4. The monoisotopic (exact) mass is 168 g/mol. The zero-order chi connectivity index (χ0) is 8.81. The molecule has 2 heteroatoms. The lowest BCUT2D eigenvalue weighted by Crippen LogP contribution is -2.30. The molecule has 12 heavy (non-hydrogen) atoms. The van der Waals surface area contributed by atoms with Gasteiger partial charge in [0.25, 0.3) is 0 Å². The molecule has 0 unspecified atom stereocenters. The van der Waals surface area contributed by atoms with Crippen LogP contribution in [0.15, 0.2) is 0 Å². The first-order valence-corrected chi connectivity index (χ1v) is 4.91. The topological polar surface area (TPSA) is 29.1 Å². The van der Waals surface area contributed by atoms with E-state index in [1.54, 1.807) is 0 Å². The summed E-state index contributed by atoms with van der Waals surface area (Å²) in [5, 5.41) is 2.79. The Bertz CT molecular complexity index is 137. The molecule has 0 bridgehead atoms. The average Bonchev–Trinajstić information content (AvgIpc) is 2.32. The Morgan fingerprint density at radius 1 is 1.25 bits per heavy atom. The van der Waals surface area contributed by atoms with E-state index in [2.05, 4.69) is 12.2 Å². The van der Waals surface area contributed by atoms with Crippen LogP contribution in [0.5, 0.6) is 0 Å². The van der Waals surface area contributed by atoms with Crippen molar-refractivity contribution >= 4 is 5.91 Å². The maximum absolute atomic E-state index is 11.4. The SMILES string of the molecule is [CH2]CNC(=O)C1CCCCCC1. The van der Waals surface area contributed by atoms with Crippen molar-refractivity contribution < 1.29 is 4.79 Å². The predicted molar refractivity (Wildman–Crippen MR) is 49.6 cm³/mol. The molecule has 2 nitrogen and oxygen atoms in total. The fourth-order valence-electron chi connectivity index (χ4n) is 1.81. The molecule has 69 valence electrons. The van der Waals surface area contributed by atoms with E-state index >= 15 is 0 Å². The molecule has 1 rings (SSSR count). The largest absolute Gasteiger partial charge is 0.356 e. The predicted octanol–water partition coefficient (Wildman–Crippen LogP) is 1.91. The van der Waals surface area contributed by atoms with Gasteiger partial charge in [-0.25, -0.2) is 0 Å². The van der Waals surface area contributed by atoms with E-state index in [1.807, 2.05) is 0 Å². The van der Waals surface area contributed by atoms with Crippen molar-refractivity contribution in [1.29, 1.82) is 0 Å². The standard InChI is InChI=1S/C10H18NO/c1-2-11-10(12)9-7-5-3-4-6-8-9/h9H,1-8H2,(H,11,12). The molecule has 1 radical (unpaired) electrons. The number of carbonyl (C=O) groups is 1. The molecule has 0 aromatic heterocycles. The first kappa shape index (κ1) is 9.56. The number of rotatable bonds is 2. The van der Waals surface area contributed by atoms with Gasteiger partial charge in [0.15, 0.2) is 0 Å². The van der Waals surface area contributed by atoms with Crippen LogP contribution in [0.3, 0.4) is 0 Å². The first-order valence-electron chi connectivity index (χ1n) is 4.91. The number of hydrogen-bond acceptors (Lipinski definition) is 1. The van der Waals surface area contributed by atoms with Crippen molar-refractivity contribution in [1.82, 2.24) is 5.32 Å². The molecule has 0 spiro atoms. The third-order valence-electron chi connectivity index (χ3n) is 2.53. The van der Waals surface area contributed by atoms with E-state index in [0.29, 0.717) is 6.54 Å². The summed E-state index contributed by atoms with van der Waals surface area (Å²) in [6, 6.07) is 0. The minimum Gasteiger partial charge on any atom is -0.356 e. The highest BCUT2D eigenvalue weighted by atomic mass is 16.1. The molecular formula is C10H18NO. The summed E-state index contributed by atoms with van der Waals surface area (Å²) >= 11 is 0. The normalized spacial score (nSPS) is 20.1. The van der Waals surface area contributed by atoms with Gasteiger partial charge in [0, 0.05) is 12.5 Å². The second kappa shape index (κ2) is 5.18. The van der Waals surface area contributed by atoms with Gasteiger partial charge in [0.1, 0.15) is 0 Å². The lowest BCUT2D eigenvalue weighted by molar-refractivity contribution is -0.125. The Hall–Kier alpha value is -0.530. The molecule has 0 aromatic carbocycles. The first-order chi connectivity index (χ1) is 5.84. The smallest absolute Gasteiger partial charge is 0.223 e. The maximum atomic E-state index is 11.4. The molecule has 0 aliphatic heterocycles. The van der Waals surface area contributed by atoms with Crippen LogP contribution in [0.25, 0.3) is 0 Å². The zero-order valence-corrected chi connectivity index (χ0v) is 7.64. The number of amides is 1. The van der Waals surface area contributed by atoms with E-state index in [4.69, 9.17) is 0 Å². The van der Waals surface area contributed by atoms with E-state index in [0.717, 1.165) is 12.8 Å². The van der Waals surface area contributed by atoms with Gasteiger partial charge in [-0.2, -0.15) is 0 Å². The number of nitrogens with one attached hydrogen (secondary N) is 1. The van der Waals surface area contributed by atoms with Crippen LogP contribution in [-0.4, -0.2) is 12.5 Å². The van der Waals surface area contributed by atoms with Gasteiger partial charge in [-0.1, -0.05) is 25.7 Å². The summed E-state index contributed by atoms with van der Waals surface area (Å²) in [5.74, 6) is 0.487. The molecule has 0 aromatic rings.